The molecule has 144 valence electrons. The molecule has 1 aliphatic heterocycles. The van der Waals surface area contributed by atoms with E-state index in [1.54, 1.807) is 36.4 Å². The number of carbonyl (C=O) groups excluding carboxylic acids is 1. The number of aryl methyl sites for hydroxylation is 1. The zero-order valence-electron chi connectivity index (χ0n) is 15.8. The summed E-state index contributed by atoms with van der Waals surface area (Å²) < 4.78 is 2.13. The largest absolute Gasteiger partial charge is 0.338 e. The molecule has 28 heavy (non-hydrogen) atoms. The van der Waals surface area contributed by atoms with Gasteiger partial charge in [-0.15, -0.1) is 0 Å². The van der Waals surface area contributed by atoms with Gasteiger partial charge in [0.25, 0.3) is 11.5 Å². The van der Waals surface area contributed by atoms with Crippen molar-refractivity contribution in [1.29, 1.82) is 0 Å². The number of pyridine rings is 2. The number of piperidine rings is 1. The highest BCUT2D eigenvalue weighted by Crippen LogP contribution is 2.27. The van der Waals surface area contributed by atoms with Crippen LogP contribution in [0.4, 0.5) is 0 Å². The van der Waals surface area contributed by atoms with Crippen LogP contribution >= 0.6 is 0 Å². The van der Waals surface area contributed by atoms with Crippen molar-refractivity contribution >= 4 is 5.91 Å². The Hall–Kier alpha value is -3.22. The Labute approximate surface area is 163 Å². The predicted octanol–water partition coefficient (Wildman–Crippen LogP) is 2.34. The van der Waals surface area contributed by atoms with Crippen molar-refractivity contribution in [3.8, 4) is 0 Å². The Morgan fingerprint density at radius 3 is 2.82 bits per heavy atom. The molecule has 1 atom stereocenters. The summed E-state index contributed by atoms with van der Waals surface area (Å²) in [5, 5.41) is 0. The van der Waals surface area contributed by atoms with Crippen LogP contribution in [0.15, 0.2) is 53.8 Å². The molecule has 7 nitrogen and oxygen atoms in total. The molecule has 0 aromatic carbocycles. The topological polar surface area (TPSA) is 83.9 Å². The number of amides is 1. The third-order valence-corrected chi connectivity index (χ3v) is 5.21. The Kier molecular flexibility index (Phi) is 5.06. The summed E-state index contributed by atoms with van der Waals surface area (Å²) in [5.74, 6) is 0.921. The molecule has 1 saturated heterocycles. The highest BCUT2D eigenvalue weighted by Gasteiger charge is 2.29. The van der Waals surface area contributed by atoms with Crippen LogP contribution in [0.1, 0.15) is 46.2 Å². The molecule has 1 unspecified atom stereocenters. The summed E-state index contributed by atoms with van der Waals surface area (Å²) >= 11 is 0. The van der Waals surface area contributed by atoms with Gasteiger partial charge in [0.15, 0.2) is 0 Å². The van der Waals surface area contributed by atoms with E-state index in [1.807, 2.05) is 24.5 Å². The van der Waals surface area contributed by atoms with Gasteiger partial charge in [0.05, 0.1) is 0 Å². The van der Waals surface area contributed by atoms with Gasteiger partial charge in [-0.2, -0.15) is 0 Å². The minimum absolute atomic E-state index is 0.152. The van der Waals surface area contributed by atoms with E-state index in [2.05, 4.69) is 19.5 Å². The maximum atomic E-state index is 12.9. The monoisotopic (exact) mass is 377 g/mol. The third kappa shape index (κ3) is 3.74. The van der Waals surface area contributed by atoms with Crippen LogP contribution in [0.25, 0.3) is 0 Å². The lowest BCUT2D eigenvalue weighted by Gasteiger charge is -2.32. The molecule has 7 heteroatoms. The molecule has 0 bridgehead atoms. The highest BCUT2D eigenvalue weighted by molar-refractivity contribution is 5.93. The smallest absolute Gasteiger partial charge is 0.260 e. The molecule has 0 aliphatic carbocycles. The zero-order valence-corrected chi connectivity index (χ0v) is 15.8. The molecular formula is C21H23N5O2. The lowest BCUT2D eigenvalue weighted by atomic mass is 9.96. The van der Waals surface area contributed by atoms with Gasteiger partial charge in [0, 0.05) is 56.0 Å². The molecule has 1 fully saturated rings. The average molecular weight is 377 g/mol. The number of H-pyrrole nitrogens is 1. The van der Waals surface area contributed by atoms with E-state index in [9.17, 15) is 9.59 Å². The number of likely N-dealkylation sites (tertiary alicyclic amines) is 1. The molecule has 4 heterocycles. The molecular weight excluding hydrogens is 354 g/mol. The number of rotatable bonds is 4. The van der Waals surface area contributed by atoms with Gasteiger partial charge in [-0.05, 0) is 49.6 Å². The number of nitrogens with one attached hydrogen (secondary N) is 1. The van der Waals surface area contributed by atoms with E-state index in [0.717, 1.165) is 36.5 Å². The van der Waals surface area contributed by atoms with Gasteiger partial charge in [0.2, 0.25) is 0 Å². The first-order chi connectivity index (χ1) is 13.6. The van der Waals surface area contributed by atoms with Crippen LogP contribution in [0.2, 0.25) is 0 Å². The van der Waals surface area contributed by atoms with Gasteiger partial charge in [-0.1, -0.05) is 0 Å². The van der Waals surface area contributed by atoms with Crippen molar-refractivity contribution in [3.05, 3.63) is 82.1 Å². The Balaban J connectivity index is 1.52. The highest BCUT2D eigenvalue weighted by atomic mass is 16.2. The molecule has 3 aromatic heterocycles. The van der Waals surface area contributed by atoms with E-state index in [-0.39, 0.29) is 22.9 Å². The Morgan fingerprint density at radius 2 is 2.04 bits per heavy atom. The van der Waals surface area contributed by atoms with Crippen molar-refractivity contribution in [1.82, 2.24) is 24.4 Å². The second-order valence-corrected chi connectivity index (χ2v) is 7.24. The van der Waals surface area contributed by atoms with Crippen molar-refractivity contribution in [2.75, 3.05) is 13.1 Å². The van der Waals surface area contributed by atoms with E-state index >= 15 is 0 Å². The molecule has 0 radical (unpaired) electrons. The Bertz CT molecular complexity index is 1020. The van der Waals surface area contributed by atoms with Gasteiger partial charge in [-0.25, -0.2) is 4.98 Å². The van der Waals surface area contributed by atoms with Crippen LogP contribution in [0.5, 0.6) is 0 Å². The molecule has 0 spiro atoms. The third-order valence-electron chi connectivity index (χ3n) is 5.21. The first-order valence-corrected chi connectivity index (χ1v) is 9.51. The van der Waals surface area contributed by atoms with Crippen molar-refractivity contribution in [3.63, 3.8) is 0 Å². The molecule has 1 aliphatic rings. The average Bonchev–Trinajstić information content (AvgIpc) is 3.16. The summed E-state index contributed by atoms with van der Waals surface area (Å²) in [6, 6.07) is 7.36. The summed E-state index contributed by atoms with van der Waals surface area (Å²) in [7, 11) is 0. The van der Waals surface area contributed by atoms with Crippen LogP contribution in [0, 0.1) is 6.92 Å². The standard InChI is InChI=1S/C21H23N5O2/c1-15-4-5-18(20(27)24-15)21(28)26-11-2-3-17(14-26)19-23-10-12-25(19)13-16-6-8-22-9-7-16/h4-10,12,17H,2-3,11,13-14H2,1H3,(H,24,27). The van der Waals surface area contributed by atoms with Gasteiger partial charge in [-0.3, -0.25) is 14.6 Å². The molecule has 1 N–H and O–H groups in total. The predicted molar refractivity (Wildman–Crippen MR) is 105 cm³/mol. The number of hydrogen-bond donors (Lipinski definition) is 1. The van der Waals surface area contributed by atoms with Crippen molar-refractivity contribution in [2.45, 2.75) is 32.2 Å². The van der Waals surface area contributed by atoms with Gasteiger partial charge in [0.1, 0.15) is 11.4 Å². The zero-order chi connectivity index (χ0) is 19.5. The Morgan fingerprint density at radius 1 is 1.21 bits per heavy atom. The first kappa shape index (κ1) is 18.2. The van der Waals surface area contributed by atoms with E-state index in [0.29, 0.717) is 13.1 Å². The van der Waals surface area contributed by atoms with E-state index in [1.165, 1.54) is 0 Å². The number of carbonyl (C=O) groups is 1. The van der Waals surface area contributed by atoms with Crippen molar-refractivity contribution in [2.24, 2.45) is 0 Å². The lowest BCUT2D eigenvalue weighted by molar-refractivity contribution is 0.0701. The van der Waals surface area contributed by atoms with Gasteiger partial charge >= 0.3 is 0 Å². The number of hydrogen-bond acceptors (Lipinski definition) is 4. The minimum Gasteiger partial charge on any atom is -0.338 e. The quantitative estimate of drug-likeness (QED) is 0.756. The van der Waals surface area contributed by atoms with Crippen LogP contribution in [-0.2, 0) is 6.54 Å². The fourth-order valence-corrected chi connectivity index (χ4v) is 3.78. The number of imidazole rings is 1. The second-order valence-electron chi connectivity index (χ2n) is 7.24. The second kappa shape index (κ2) is 7.80. The molecule has 4 rings (SSSR count). The van der Waals surface area contributed by atoms with E-state index in [4.69, 9.17) is 0 Å². The maximum Gasteiger partial charge on any atom is 0.260 e. The maximum absolute atomic E-state index is 12.9. The fourth-order valence-electron chi connectivity index (χ4n) is 3.78. The number of nitrogens with zero attached hydrogens (tertiary/aromatic N) is 4. The summed E-state index contributed by atoms with van der Waals surface area (Å²) in [6.07, 6.45) is 9.21. The number of aromatic amines is 1. The number of aromatic nitrogens is 4. The van der Waals surface area contributed by atoms with Crippen LogP contribution in [-0.4, -0.2) is 43.4 Å². The molecule has 0 saturated carbocycles. The summed E-state index contributed by atoms with van der Waals surface area (Å²) in [4.78, 5) is 38.2. The molecule has 1 amide bonds. The van der Waals surface area contributed by atoms with E-state index < -0.39 is 0 Å². The fraction of sp³-hybridized carbons (Fsp3) is 0.333. The SMILES string of the molecule is Cc1ccc(C(=O)N2CCCC(c3nccn3Cc3ccncc3)C2)c(=O)[nH]1. The van der Waals surface area contributed by atoms with Crippen molar-refractivity contribution < 1.29 is 4.79 Å². The summed E-state index contributed by atoms with van der Waals surface area (Å²) in [5.41, 5.74) is 1.78. The lowest BCUT2D eigenvalue weighted by Crippen LogP contribution is -2.41. The van der Waals surface area contributed by atoms with Crippen LogP contribution in [0.3, 0.4) is 0 Å². The normalized spacial score (nSPS) is 16.9. The van der Waals surface area contributed by atoms with Crippen LogP contribution < -0.4 is 5.56 Å². The van der Waals surface area contributed by atoms with Gasteiger partial charge < -0.3 is 14.5 Å². The molecule has 3 aromatic rings. The first-order valence-electron chi connectivity index (χ1n) is 9.51. The minimum atomic E-state index is -0.327. The summed E-state index contributed by atoms with van der Waals surface area (Å²) in [6.45, 7) is 3.75.